The number of halogens is 1. The van der Waals surface area contributed by atoms with Crippen molar-refractivity contribution in [3.05, 3.63) is 34.6 Å². The van der Waals surface area contributed by atoms with E-state index in [-0.39, 0.29) is 17.3 Å². The zero-order valence-electron chi connectivity index (χ0n) is 12.2. The van der Waals surface area contributed by atoms with E-state index in [0.717, 1.165) is 0 Å². The summed E-state index contributed by atoms with van der Waals surface area (Å²) in [6, 6.07) is 1.91. The van der Waals surface area contributed by atoms with Gasteiger partial charge in [0.25, 0.3) is 5.91 Å². The van der Waals surface area contributed by atoms with E-state index < -0.39 is 17.9 Å². The van der Waals surface area contributed by atoms with Crippen LogP contribution < -0.4 is 5.32 Å². The summed E-state index contributed by atoms with van der Waals surface area (Å²) in [5.41, 5.74) is 1.01. The molecule has 1 aromatic carbocycles. The Hall–Kier alpha value is -1.91. The Morgan fingerprint density at radius 3 is 2.15 bits per heavy atom. The van der Waals surface area contributed by atoms with Crippen LogP contribution in [0.4, 0.5) is 4.39 Å². The van der Waals surface area contributed by atoms with Crippen LogP contribution in [0, 0.1) is 25.6 Å². The van der Waals surface area contributed by atoms with E-state index in [1.165, 1.54) is 12.1 Å². The topological polar surface area (TPSA) is 66.4 Å². The summed E-state index contributed by atoms with van der Waals surface area (Å²) in [6.45, 7) is 6.91. The quantitative estimate of drug-likeness (QED) is 0.872. The molecule has 110 valence electrons. The second kappa shape index (κ2) is 6.50. The lowest BCUT2D eigenvalue weighted by atomic mass is 10.0. The van der Waals surface area contributed by atoms with Crippen LogP contribution >= 0.6 is 0 Å². The lowest BCUT2D eigenvalue weighted by Crippen LogP contribution is -2.41. The molecule has 0 heterocycles. The summed E-state index contributed by atoms with van der Waals surface area (Å²) in [4.78, 5) is 23.2. The molecular formula is C15H20FNO3. The van der Waals surface area contributed by atoms with Crippen molar-refractivity contribution in [2.45, 2.75) is 40.2 Å². The predicted molar refractivity (Wildman–Crippen MR) is 74.2 cm³/mol. The first-order valence-electron chi connectivity index (χ1n) is 6.52. The zero-order valence-corrected chi connectivity index (χ0v) is 12.2. The van der Waals surface area contributed by atoms with E-state index in [1.54, 1.807) is 13.8 Å². The van der Waals surface area contributed by atoms with Gasteiger partial charge < -0.3 is 10.4 Å². The molecule has 0 aliphatic heterocycles. The number of nitrogens with one attached hydrogen (secondary N) is 1. The van der Waals surface area contributed by atoms with Crippen molar-refractivity contribution in [1.82, 2.24) is 5.32 Å². The molecule has 0 bridgehead atoms. The molecule has 0 aromatic heterocycles. The van der Waals surface area contributed by atoms with Crippen LogP contribution in [-0.4, -0.2) is 23.0 Å². The molecular weight excluding hydrogens is 261 g/mol. The van der Waals surface area contributed by atoms with Crippen molar-refractivity contribution in [3.63, 3.8) is 0 Å². The SMILES string of the molecule is Cc1cc(C(=O)N[C@H](CC(C)C)C(=O)O)cc(C)c1F. The van der Waals surface area contributed by atoms with Crippen molar-refractivity contribution >= 4 is 11.9 Å². The van der Waals surface area contributed by atoms with Crippen LogP contribution in [0.2, 0.25) is 0 Å². The molecule has 0 fully saturated rings. The Balaban J connectivity index is 2.92. The van der Waals surface area contributed by atoms with Crippen molar-refractivity contribution in [3.8, 4) is 0 Å². The smallest absolute Gasteiger partial charge is 0.326 e. The molecule has 1 aromatic rings. The van der Waals surface area contributed by atoms with Gasteiger partial charge in [-0.3, -0.25) is 4.79 Å². The number of carbonyl (C=O) groups is 2. The number of hydrogen-bond acceptors (Lipinski definition) is 2. The van der Waals surface area contributed by atoms with Crippen molar-refractivity contribution in [1.29, 1.82) is 0 Å². The van der Waals surface area contributed by atoms with Crippen molar-refractivity contribution in [2.75, 3.05) is 0 Å². The molecule has 20 heavy (non-hydrogen) atoms. The summed E-state index contributed by atoms with van der Waals surface area (Å²) in [7, 11) is 0. The highest BCUT2D eigenvalue weighted by Crippen LogP contribution is 2.15. The standard InChI is InChI=1S/C15H20FNO3/c1-8(2)5-12(15(19)20)17-14(18)11-6-9(3)13(16)10(4)7-11/h6-8,12H,5H2,1-4H3,(H,17,18)(H,19,20)/t12-/m1/s1. The first-order valence-corrected chi connectivity index (χ1v) is 6.52. The first kappa shape index (κ1) is 16.1. The Kier molecular flexibility index (Phi) is 5.25. The summed E-state index contributed by atoms with van der Waals surface area (Å²) in [5, 5.41) is 11.6. The largest absolute Gasteiger partial charge is 0.480 e. The molecule has 4 nitrogen and oxygen atoms in total. The Morgan fingerprint density at radius 2 is 1.75 bits per heavy atom. The maximum atomic E-state index is 13.5. The zero-order chi connectivity index (χ0) is 15.4. The molecule has 1 atom stereocenters. The van der Waals surface area contributed by atoms with E-state index in [0.29, 0.717) is 17.5 Å². The number of rotatable bonds is 5. The second-order valence-corrected chi connectivity index (χ2v) is 5.42. The maximum Gasteiger partial charge on any atom is 0.326 e. The van der Waals surface area contributed by atoms with E-state index in [9.17, 15) is 14.0 Å². The first-order chi connectivity index (χ1) is 9.22. The third kappa shape index (κ3) is 4.05. The summed E-state index contributed by atoms with van der Waals surface area (Å²) >= 11 is 0. The lowest BCUT2D eigenvalue weighted by molar-refractivity contribution is -0.139. The normalized spacial score (nSPS) is 12.3. The third-order valence-electron chi connectivity index (χ3n) is 3.01. The van der Waals surface area contributed by atoms with Crippen LogP contribution in [0.25, 0.3) is 0 Å². The minimum absolute atomic E-state index is 0.146. The predicted octanol–water partition coefficient (Wildman–Crippen LogP) is 2.67. The number of carboxylic acid groups (broad SMARTS) is 1. The second-order valence-electron chi connectivity index (χ2n) is 5.42. The fourth-order valence-corrected chi connectivity index (χ4v) is 2.01. The van der Waals surface area contributed by atoms with Gasteiger partial charge in [0.1, 0.15) is 11.9 Å². The lowest BCUT2D eigenvalue weighted by Gasteiger charge is -2.17. The molecule has 0 saturated heterocycles. The molecule has 0 aliphatic carbocycles. The van der Waals surface area contributed by atoms with Crippen LogP contribution in [0.1, 0.15) is 41.8 Å². The van der Waals surface area contributed by atoms with Crippen LogP contribution in [0.15, 0.2) is 12.1 Å². The van der Waals surface area contributed by atoms with Gasteiger partial charge in [-0.25, -0.2) is 9.18 Å². The molecule has 0 saturated carbocycles. The van der Waals surface area contributed by atoms with Crippen LogP contribution in [-0.2, 0) is 4.79 Å². The molecule has 1 amide bonds. The van der Waals surface area contributed by atoms with E-state index >= 15 is 0 Å². The fourth-order valence-electron chi connectivity index (χ4n) is 2.01. The number of carbonyl (C=O) groups excluding carboxylic acids is 1. The number of carboxylic acids is 1. The number of hydrogen-bond donors (Lipinski definition) is 2. The minimum atomic E-state index is -1.07. The van der Waals surface area contributed by atoms with Crippen LogP contribution in [0.3, 0.4) is 0 Å². The van der Waals surface area contributed by atoms with Gasteiger partial charge in [-0.1, -0.05) is 13.8 Å². The van der Waals surface area contributed by atoms with Gasteiger partial charge in [-0.15, -0.1) is 0 Å². The highest BCUT2D eigenvalue weighted by Gasteiger charge is 2.22. The summed E-state index contributed by atoms with van der Waals surface area (Å²) < 4.78 is 13.5. The Bertz CT molecular complexity index is 503. The average Bonchev–Trinajstić information content (AvgIpc) is 2.33. The number of benzene rings is 1. The van der Waals surface area contributed by atoms with Crippen LogP contribution in [0.5, 0.6) is 0 Å². The number of aryl methyl sites for hydroxylation is 2. The number of aliphatic carboxylic acids is 1. The van der Waals surface area contributed by atoms with Gasteiger partial charge in [-0.05, 0) is 49.4 Å². The van der Waals surface area contributed by atoms with Crippen molar-refractivity contribution < 1.29 is 19.1 Å². The molecule has 0 spiro atoms. The minimum Gasteiger partial charge on any atom is -0.480 e. The maximum absolute atomic E-state index is 13.5. The highest BCUT2D eigenvalue weighted by atomic mass is 19.1. The third-order valence-corrected chi connectivity index (χ3v) is 3.01. The molecule has 0 radical (unpaired) electrons. The highest BCUT2D eigenvalue weighted by molar-refractivity contribution is 5.96. The van der Waals surface area contributed by atoms with Gasteiger partial charge in [0.15, 0.2) is 0 Å². The number of amides is 1. The van der Waals surface area contributed by atoms with Gasteiger partial charge in [-0.2, -0.15) is 0 Å². The molecule has 5 heteroatoms. The molecule has 0 aliphatic rings. The molecule has 0 unspecified atom stereocenters. The Labute approximate surface area is 118 Å². The Morgan fingerprint density at radius 1 is 1.25 bits per heavy atom. The molecule has 1 rings (SSSR count). The molecule has 2 N–H and O–H groups in total. The fraction of sp³-hybridized carbons (Fsp3) is 0.467. The average molecular weight is 281 g/mol. The van der Waals surface area contributed by atoms with Gasteiger partial charge in [0, 0.05) is 5.56 Å². The van der Waals surface area contributed by atoms with Gasteiger partial charge >= 0.3 is 5.97 Å². The summed E-state index contributed by atoms with van der Waals surface area (Å²) in [6.07, 6.45) is 0.347. The van der Waals surface area contributed by atoms with E-state index in [2.05, 4.69) is 5.32 Å². The summed E-state index contributed by atoms with van der Waals surface area (Å²) in [5.74, 6) is -1.77. The van der Waals surface area contributed by atoms with Gasteiger partial charge in [0.05, 0.1) is 0 Å². The monoisotopic (exact) mass is 281 g/mol. The van der Waals surface area contributed by atoms with Gasteiger partial charge in [0.2, 0.25) is 0 Å². The van der Waals surface area contributed by atoms with E-state index in [4.69, 9.17) is 5.11 Å². The van der Waals surface area contributed by atoms with Crippen molar-refractivity contribution in [2.24, 2.45) is 5.92 Å². The van der Waals surface area contributed by atoms with E-state index in [1.807, 2.05) is 13.8 Å².